The van der Waals surface area contributed by atoms with Gasteiger partial charge in [0.05, 0.1) is 35.1 Å². The van der Waals surface area contributed by atoms with Crippen LogP contribution in [0.4, 0.5) is 0 Å². The smallest absolute Gasteiger partial charge is 0.169 e. The molecule has 0 aromatic heterocycles. The van der Waals surface area contributed by atoms with E-state index >= 15 is 0 Å². The average Bonchev–Trinajstić information content (AvgIpc) is 3.57. The molecule has 258 valence electrons. The van der Waals surface area contributed by atoms with Crippen molar-refractivity contribution in [3.8, 4) is 0 Å². The van der Waals surface area contributed by atoms with Crippen LogP contribution in [0.25, 0.3) is 0 Å². The van der Waals surface area contributed by atoms with E-state index in [1.165, 1.54) is 12.8 Å². The van der Waals surface area contributed by atoms with Crippen molar-refractivity contribution in [3.05, 3.63) is 11.6 Å². The molecule has 6 aliphatic carbocycles. The second-order valence-electron chi connectivity index (χ2n) is 18.5. The van der Waals surface area contributed by atoms with E-state index in [1.807, 2.05) is 19.9 Å². The third kappa shape index (κ3) is 4.67. The highest BCUT2D eigenvalue weighted by Crippen LogP contribution is 2.71. The van der Waals surface area contributed by atoms with Crippen LogP contribution in [-0.2, 0) is 23.7 Å². The SMILES string of the molecule is CC(C)(O)CC[C@H]1OC2(CCCCC2)O[C@]1(C)[C@H]1CC[C@@]2(O)C3=CC(=O)[C@@H]4C[C@H]5OC6(CCCCC6)O[C@H]5C[C@]4(C)[C@H]3CC[C@]12C. The zero-order valence-corrected chi connectivity index (χ0v) is 29.2. The summed E-state index contributed by atoms with van der Waals surface area (Å²) in [5.41, 5.74) is -2.14. The van der Waals surface area contributed by atoms with Gasteiger partial charge in [-0.25, -0.2) is 0 Å². The Morgan fingerprint density at radius 1 is 0.826 bits per heavy atom. The summed E-state index contributed by atoms with van der Waals surface area (Å²) in [5.74, 6) is -0.689. The summed E-state index contributed by atoms with van der Waals surface area (Å²) in [7, 11) is 0. The topological polar surface area (TPSA) is 94.5 Å². The normalized spacial score (nSPS) is 49.4. The van der Waals surface area contributed by atoms with E-state index in [1.54, 1.807) is 0 Å². The fourth-order valence-electron chi connectivity index (χ4n) is 12.7. The second-order valence-corrected chi connectivity index (χ2v) is 18.5. The third-order valence-electron chi connectivity index (χ3n) is 15.1. The maximum atomic E-state index is 14.2. The highest BCUT2D eigenvalue weighted by Gasteiger charge is 2.72. The minimum atomic E-state index is -1.06. The van der Waals surface area contributed by atoms with Gasteiger partial charge >= 0.3 is 0 Å². The van der Waals surface area contributed by atoms with Gasteiger partial charge < -0.3 is 29.2 Å². The van der Waals surface area contributed by atoms with E-state index in [0.29, 0.717) is 12.8 Å². The van der Waals surface area contributed by atoms with Crippen LogP contribution in [0.5, 0.6) is 0 Å². The molecule has 7 nitrogen and oxygen atoms in total. The largest absolute Gasteiger partial charge is 0.390 e. The maximum Gasteiger partial charge on any atom is 0.169 e. The molecule has 2 spiro atoms. The van der Waals surface area contributed by atoms with Crippen molar-refractivity contribution in [1.29, 1.82) is 0 Å². The van der Waals surface area contributed by atoms with Gasteiger partial charge in [-0.3, -0.25) is 4.79 Å². The Bertz CT molecular complexity index is 1260. The first-order chi connectivity index (χ1) is 21.6. The van der Waals surface area contributed by atoms with Crippen LogP contribution in [0.1, 0.15) is 150 Å². The zero-order chi connectivity index (χ0) is 32.4. The third-order valence-corrected chi connectivity index (χ3v) is 15.1. The Morgan fingerprint density at radius 2 is 1.48 bits per heavy atom. The molecular formula is C39H60O7. The number of ether oxygens (including phenoxy) is 4. The highest BCUT2D eigenvalue weighted by atomic mass is 16.8. The molecule has 2 saturated heterocycles. The summed E-state index contributed by atoms with van der Waals surface area (Å²) >= 11 is 0. The van der Waals surface area contributed by atoms with Gasteiger partial charge in [0.25, 0.3) is 0 Å². The molecule has 2 N–H and O–H groups in total. The molecule has 7 heteroatoms. The van der Waals surface area contributed by atoms with Gasteiger partial charge in [-0.2, -0.15) is 0 Å². The number of hydrogen-bond donors (Lipinski definition) is 2. The molecule has 7 fully saturated rings. The number of aliphatic hydroxyl groups is 2. The molecule has 46 heavy (non-hydrogen) atoms. The van der Waals surface area contributed by atoms with Crippen LogP contribution in [-0.4, -0.2) is 62.7 Å². The number of carbonyl (C=O) groups excluding carboxylic acids is 1. The Balaban J connectivity index is 1.09. The van der Waals surface area contributed by atoms with E-state index in [0.717, 1.165) is 95.5 Å². The molecule has 2 heterocycles. The van der Waals surface area contributed by atoms with Gasteiger partial charge in [0.1, 0.15) is 0 Å². The molecule has 0 unspecified atom stereocenters. The monoisotopic (exact) mass is 640 g/mol. The summed E-state index contributed by atoms with van der Waals surface area (Å²) < 4.78 is 27.7. The summed E-state index contributed by atoms with van der Waals surface area (Å²) in [6, 6.07) is 0. The molecular weight excluding hydrogens is 580 g/mol. The van der Waals surface area contributed by atoms with Crippen molar-refractivity contribution in [1.82, 2.24) is 0 Å². The molecule has 0 aromatic carbocycles. The fourth-order valence-corrected chi connectivity index (χ4v) is 12.7. The van der Waals surface area contributed by atoms with Gasteiger partial charge in [0.2, 0.25) is 0 Å². The van der Waals surface area contributed by atoms with E-state index in [9.17, 15) is 15.0 Å². The molecule has 0 bridgehead atoms. The number of ketones is 1. The minimum absolute atomic E-state index is 0.00437. The van der Waals surface area contributed by atoms with Gasteiger partial charge in [-0.15, -0.1) is 0 Å². The quantitative estimate of drug-likeness (QED) is 0.333. The van der Waals surface area contributed by atoms with Crippen molar-refractivity contribution in [2.45, 2.75) is 197 Å². The Hall–Kier alpha value is -0.830. The molecule has 8 aliphatic rings. The van der Waals surface area contributed by atoms with E-state index in [2.05, 4.69) is 20.8 Å². The molecule has 0 radical (unpaired) electrons. The Kier molecular flexibility index (Phi) is 7.45. The second kappa shape index (κ2) is 10.6. The number of allylic oxidation sites excluding steroid dienone is 1. The molecule has 0 amide bonds. The molecule has 10 atom stereocenters. The van der Waals surface area contributed by atoms with Crippen molar-refractivity contribution in [2.24, 2.45) is 28.6 Å². The Labute approximate surface area is 276 Å². The van der Waals surface area contributed by atoms with Gasteiger partial charge in [-0.05, 0) is 127 Å². The summed E-state index contributed by atoms with van der Waals surface area (Å²) in [5, 5.41) is 23.8. The van der Waals surface area contributed by atoms with Crippen LogP contribution in [0.15, 0.2) is 11.6 Å². The van der Waals surface area contributed by atoms with Crippen LogP contribution in [0.2, 0.25) is 0 Å². The number of carbonyl (C=O) groups is 1. The lowest BCUT2D eigenvalue weighted by molar-refractivity contribution is -0.222. The van der Waals surface area contributed by atoms with E-state index in [-0.39, 0.29) is 47.3 Å². The van der Waals surface area contributed by atoms with E-state index in [4.69, 9.17) is 18.9 Å². The van der Waals surface area contributed by atoms with E-state index < -0.39 is 33.8 Å². The lowest BCUT2D eigenvalue weighted by Gasteiger charge is -2.60. The van der Waals surface area contributed by atoms with Crippen LogP contribution in [0, 0.1) is 28.6 Å². The van der Waals surface area contributed by atoms with Crippen LogP contribution in [0.3, 0.4) is 0 Å². The predicted octanol–water partition coefficient (Wildman–Crippen LogP) is 7.30. The summed E-state index contributed by atoms with van der Waals surface area (Å²) in [4.78, 5) is 14.2. The number of rotatable bonds is 4. The highest BCUT2D eigenvalue weighted by molar-refractivity contribution is 5.95. The number of hydrogen-bond acceptors (Lipinski definition) is 7. The minimum Gasteiger partial charge on any atom is -0.390 e. The summed E-state index contributed by atoms with van der Waals surface area (Å²) in [6.07, 6.45) is 18.7. The maximum absolute atomic E-state index is 14.2. The lowest BCUT2D eigenvalue weighted by atomic mass is 9.45. The average molecular weight is 641 g/mol. The van der Waals surface area contributed by atoms with Crippen molar-refractivity contribution < 1.29 is 34.0 Å². The number of fused-ring (bicyclic) bond motifs is 6. The molecule has 0 aromatic rings. The first-order valence-corrected chi connectivity index (χ1v) is 19.1. The van der Waals surface area contributed by atoms with Crippen molar-refractivity contribution in [3.63, 3.8) is 0 Å². The van der Waals surface area contributed by atoms with Crippen LogP contribution < -0.4 is 0 Å². The standard InChI is InChI=1S/C39H60O7/c1-33(2,41)19-14-32-36(5,46-38(45-32)17-10-7-11-18-38)31-13-21-39(42)26-22-28(40)27-23-29-30(44-37(43-29)15-8-6-9-16-37)24-34(27,3)25(26)12-20-35(31,39)4/h22,25,27,29-32,41-42H,6-21,23-24H2,1-5H3/t25-,27-,29+,30-,31-,32+,34+,35+,36+,39+/m0/s1. The molecule has 5 saturated carbocycles. The van der Waals surface area contributed by atoms with Crippen LogP contribution >= 0.6 is 0 Å². The summed E-state index contributed by atoms with van der Waals surface area (Å²) in [6.45, 7) is 10.6. The van der Waals surface area contributed by atoms with Gasteiger partial charge in [0, 0.05) is 37.0 Å². The van der Waals surface area contributed by atoms with Crippen molar-refractivity contribution >= 4 is 5.78 Å². The first kappa shape index (κ1) is 32.4. The molecule has 2 aliphatic heterocycles. The lowest BCUT2D eigenvalue weighted by Crippen LogP contribution is -2.62. The predicted molar refractivity (Wildman–Crippen MR) is 174 cm³/mol. The zero-order valence-electron chi connectivity index (χ0n) is 29.2. The Morgan fingerprint density at radius 3 is 2.15 bits per heavy atom. The van der Waals surface area contributed by atoms with Gasteiger partial charge in [-0.1, -0.05) is 26.7 Å². The van der Waals surface area contributed by atoms with Crippen molar-refractivity contribution in [2.75, 3.05) is 0 Å². The first-order valence-electron chi connectivity index (χ1n) is 19.1. The fraction of sp³-hybridized carbons (Fsp3) is 0.923. The van der Waals surface area contributed by atoms with Gasteiger partial charge in [0.15, 0.2) is 17.4 Å². The molecule has 8 rings (SSSR count).